The van der Waals surface area contributed by atoms with Crippen LogP contribution in [0.25, 0.3) is 0 Å². The fourth-order valence-corrected chi connectivity index (χ4v) is 2.34. The maximum atomic E-state index is 10.7. The molecule has 19 heavy (non-hydrogen) atoms. The standard InChI is InChI=1S/C15H21NO3/c1-3-5-12(10-13(17)18)6-9-14(2,19)15(11-16)7-4-8-15/h6,9-10,19H,3-5,7-8H2,1-2H3,(H,17,18)/b9-6+,12-10-/t14-/m1/s1. The van der Waals surface area contributed by atoms with E-state index in [4.69, 9.17) is 5.11 Å². The van der Waals surface area contributed by atoms with Crippen molar-refractivity contribution < 1.29 is 15.0 Å². The van der Waals surface area contributed by atoms with Crippen LogP contribution in [0.3, 0.4) is 0 Å². The van der Waals surface area contributed by atoms with E-state index in [-0.39, 0.29) is 0 Å². The monoisotopic (exact) mass is 263 g/mol. The van der Waals surface area contributed by atoms with E-state index in [0.29, 0.717) is 24.8 Å². The number of carboxylic acid groups (broad SMARTS) is 1. The van der Waals surface area contributed by atoms with Crippen molar-refractivity contribution in [2.45, 2.75) is 51.6 Å². The largest absolute Gasteiger partial charge is 0.478 e. The molecule has 0 bridgehead atoms. The fourth-order valence-electron chi connectivity index (χ4n) is 2.34. The normalized spacial score (nSPS) is 21.5. The van der Waals surface area contributed by atoms with Gasteiger partial charge in [-0.1, -0.05) is 31.9 Å². The van der Waals surface area contributed by atoms with Gasteiger partial charge in [-0.3, -0.25) is 0 Å². The molecule has 0 radical (unpaired) electrons. The minimum atomic E-state index is -1.22. The van der Waals surface area contributed by atoms with Crippen LogP contribution in [0.1, 0.15) is 46.0 Å². The van der Waals surface area contributed by atoms with Crippen molar-refractivity contribution in [3.05, 3.63) is 23.8 Å². The van der Waals surface area contributed by atoms with Gasteiger partial charge >= 0.3 is 5.97 Å². The van der Waals surface area contributed by atoms with E-state index < -0.39 is 17.0 Å². The Bertz CT molecular complexity index is 437. The third kappa shape index (κ3) is 3.45. The molecule has 1 aliphatic carbocycles. The summed E-state index contributed by atoms with van der Waals surface area (Å²) < 4.78 is 0. The molecule has 0 heterocycles. The van der Waals surface area contributed by atoms with Crippen LogP contribution in [0, 0.1) is 16.7 Å². The first-order valence-electron chi connectivity index (χ1n) is 6.63. The number of nitriles is 1. The fraction of sp³-hybridized carbons (Fsp3) is 0.600. The van der Waals surface area contributed by atoms with E-state index in [0.717, 1.165) is 18.9 Å². The first-order valence-corrected chi connectivity index (χ1v) is 6.63. The first-order chi connectivity index (χ1) is 8.87. The molecule has 0 saturated heterocycles. The van der Waals surface area contributed by atoms with Gasteiger partial charge in [-0.25, -0.2) is 4.79 Å². The van der Waals surface area contributed by atoms with E-state index in [9.17, 15) is 15.2 Å². The topological polar surface area (TPSA) is 81.3 Å². The highest BCUT2D eigenvalue weighted by Gasteiger charge is 2.50. The molecule has 0 aliphatic heterocycles. The van der Waals surface area contributed by atoms with E-state index in [2.05, 4.69) is 6.07 Å². The molecule has 0 aromatic rings. The molecular weight excluding hydrogens is 242 g/mol. The Balaban J connectivity index is 2.89. The number of rotatable bonds is 6. The van der Waals surface area contributed by atoms with Gasteiger partial charge in [-0.15, -0.1) is 0 Å². The number of aliphatic carboxylic acids is 1. The average Bonchev–Trinajstić information content (AvgIpc) is 2.24. The molecular formula is C15H21NO3. The predicted molar refractivity (Wildman–Crippen MR) is 72.3 cm³/mol. The lowest BCUT2D eigenvalue weighted by molar-refractivity contribution is -0.131. The Labute approximate surface area is 114 Å². The van der Waals surface area contributed by atoms with Crippen LogP contribution in [-0.2, 0) is 4.79 Å². The van der Waals surface area contributed by atoms with E-state index in [1.807, 2.05) is 6.92 Å². The molecule has 104 valence electrons. The Morgan fingerprint density at radius 3 is 2.53 bits per heavy atom. The number of nitrogens with zero attached hydrogens (tertiary/aromatic N) is 1. The summed E-state index contributed by atoms with van der Waals surface area (Å²) in [4.78, 5) is 10.7. The zero-order chi connectivity index (χ0) is 14.5. The average molecular weight is 263 g/mol. The minimum Gasteiger partial charge on any atom is -0.478 e. The number of carboxylic acids is 1. The van der Waals surface area contributed by atoms with Crippen molar-refractivity contribution in [2.24, 2.45) is 5.41 Å². The van der Waals surface area contributed by atoms with Gasteiger partial charge in [-0.2, -0.15) is 5.26 Å². The summed E-state index contributed by atoms with van der Waals surface area (Å²) in [7, 11) is 0. The van der Waals surface area contributed by atoms with Gasteiger partial charge in [0.1, 0.15) is 0 Å². The van der Waals surface area contributed by atoms with Crippen LogP contribution in [0.4, 0.5) is 0 Å². The molecule has 1 saturated carbocycles. The molecule has 4 heteroatoms. The van der Waals surface area contributed by atoms with E-state index >= 15 is 0 Å². The van der Waals surface area contributed by atoms with Crippen molar-refractivity contribution in [1.82, 2.24) is 0 Å². The summed E-state index contributed by atoms with van der Waals surface area (Å²) in [5, 5.41) is 28.5. The lowest BCUT2D eigenvalue weighted by Crippen LogP contribution is -2.48. The van der Waals surface area contributed by atoms with Crippen LogP contribution in [0.2, 0.25) is 0 Å². The summed E-state index contributed by atoms with van der Waals surface area (Å²) >= 11 is 0. The van der Waals surface area contributed by atoms with Gasteiger partial charge in [0.15, 0.2) is 0 Å². The van der Waals surface area contributed by atoms with Crippen molar-refractivity contribution in [3.8, 4) is 6.07 Å². The summed E-state index contributed by atoms with van der Waals surface area (Å²) in [5.41, 5.74) is -1.28. The van der Waals surface area contributed by atoms with Gasteiger partial charge in [-0.05, 0) is 31.8 Å². The van der Waals surface area contributed by atoms with Crippen molar-refractivity contribution in [2.75, 3.05) is 0 Å². The van der Waals surface area contributed by atoms with Crippen LogP contribution in [-0.4, -0.2) is 21.8 Å². The molecule has 1 aliphatic rings. The molecule has 4 nitrogen and oxygen atoms in total. The second-order valence-corrected chi connectivity index (χ2v) is 5.34. The van der Waals surface area contributed by atoms with Gasteiger partial charge in [0, 0.05) is 6.08 Å². The number of carbonyl (C=O) groups is 1. The second kappa shape index (κ2) is 6.03. The molecule has 0 spiro atoms. The summed E-state index contributed by atoms with van der Waals surface area (Å²) in [6.07, 6.45) is 8.14. The SMILES string of the molecule is CCCC(=C/C(=O)O)/C=C/[C@@](C)(O)C1(C#N)CCC1. The molecule has 0 amide bonds. The zero-order valence-corrected chi connectivity index (χ0v) is 11.5. The van der Waals surface area contributed by atoms with Crippen LogP contribution >= 0.6 is 0 Å². The number of hydrogen-bond acceptors (Lipinski definition) is 3. The Hall–Kier alpha value is -1.60. The van der Waals surface area contributed by atoms with Gasteiger partial charge in [0.25, 0.3) is 0 Å². The summed E-state index contributed by atoms with van der Waals surface area (Å²) in [6.45, 7) is 3.58. The predicted octanol–water partition coefficient (Wildman–Crippen LogP) is 2.80. The highest BCUT2D eigenvalue weighted by Crippen LogP contribution is 2.49. The molecule has 2 N–H and O–H groups in total. The second-order valence-electron chi connectivity index (χ2n) is 5.34. The molecule has 1 atom stereocenters. The van der Waals surface area contributed by atoms with Gasteiger partial charge in [0.05, 0.1) is 17.1 Å². The lowest BCUT2D eigenvalue weighted by atomic mass is 9.60. The van der Waals surface area contributed by atoms with Crippen molar-refractivity contribution in [1.29, 1.82) is 5.26 Å². The van der Waals surface area contributed by atoms with Crippen molar-refractivity contribution >= 4 is 5.97 Å². The van der Waals surface area contributed by atoms with Gasteiger partial charge in [0.2, 0.25) is 0 Å². The smallest absolute Gasteiger partial charge is 0.328 e. The summed E-state index contributed by atoms with van der Waals surface area (Å²) in [6, 6.07) is 2.21. The molecule has 1 rings (SSSR count). The van der Waals surface area contributed by atoms with E-state index in [1.165, 1.54) is 0 Å². The van der Waals surface area contributed by atoms with Crippen molar-refractivity contribution in [3.63, 3.8) is 0 Å². The Kier molecular flexibility index (Phi) is 4.90. The number of hydrogen-bond donors (Lipinski definition) is 2. The Morgan fingerprint density at radius 2 is 2.16 bits per heavy atom. The first kappa shape index (κ1) is 15.5. The lowest BCUT2D eigenvalue weighted by Gasteiger charge is -2.45. The molecule has 0 aromatic carbocycles. The third-order valence-corrected chi connectivity index (χ3v) is 3.86. The number of allylic oxidation sites excluding steroid dienone is 2. The quantitative estimate of drug-likeness (QED) is 0.570. The third-order valence-electron chi connectivity index (χ3n) is 3.86. The molecule has 0 unspecified atom stereocenters. The Morgan fingerprint density at radius 1 is 1.53 bits per heavy atom. The van der Waals surface area contributed by atoms with E-state index in [1.54, 1.807) is 19.1 Å². The molecule has 1 fully saturated rings. The van der Waals surface area contributed by atoms with Crippen LogP contribution < -0.4 is 0 Å². The maximum Gasteiger partial charge on any atom is 0.328 e. The highest BCUT2D eigenvalue weighted by molar-refractivity contribution is 5.81. The number of aliphatic hydroxyl groups is 1. The van der Waals surface area contributed by atoms with Crippen LogP contribution in [0.15, 0.2) is 23.8 Å². The molecule has 0 aromatic heterocycles. The van der Waals surface area contributed by atoms with Crippen LogP contribution in [0.5, 0.6) is 0 Å². The maximum absolute atomic E-state index is 10.7. The minimum absolute atomic E-state index is 0.637. The summed E-state index contributed by atoms with van der Waals surface area (Å²) in [5.74, 6) is -0.994. The zero-order valence-electron chi connectivity index (χ0n) is 11.5. The highest BCUT2D eigenvalue weighted by atomic mass is 16.4. The van der Waals surface area contributed by atoms with Gasteiger partial charge < -0.3 is 10.2 Å².